The van der Waals surface area contributed by atoms with E-state index in [9.17, 15) is 21.6 Å². The summed E-state index contributed by atoms with van der Waals surface area (Å²) in [6.07, 6.45) is -3.20. The lowest BCUT2D eigenvalue weighted by Gasteiger charge is -2.05. The number of rotatable bonds is 2. The van der Waals surface area contributed by atoms with Crippen molar-refractivity contribution in [2.24, 2.45) is 5.14 Å². The Morgan fingerprint density at radius 3 is 2.40 bits per heavy atom. The molecule has 1 rings (SSSR count). The third-order valence-corrected chi connectivity index (χ3v) is 2.49. The zero-order chi connectivity index (χ0) is 11.8. The number of halogens is 4. The molecule has 0 fully saturated rings. The van der Waals surface area contributed by atoms with Gasteiger partial charge in [-0.15, -0.1) is 0 Å². The van der Waals surface area contributed by atoms with Crippen LogP contribution in [-0.2, 0) is 10.0 Å². The number of primary sulfonamides is 1. The molecule has 0 radical (unpaired) electrons. The third-order valence-electron chi connectivity index (χ3n) is 1.45. The highest BCUT2D eigenvalue weighted by molar-refractivity contribution is 7.89. The van der Waals surface area contributed by atoms with E-state index >= 15 is 0 Å². The molecule has 15 heavy (non-hydrogen) atoms. The molecule has 1 heterocycles. The lowest BCUT2D eigenvalue weighted by Crippen LogP contribution is -2.15. The van der Waals surface area contributed by atoms with Gasteiger partial charge in [-0.2, -0.15) is 0 Å². The summed E-state index contributed by atoms with van der Waals surface area (Å²) in [5, 5.41) is 2.77. The van der Waals surface area contributed by atoms with E-state index in [2.05, 4.69) is 10.1 Å². The predicted molar refractivity (Wildman–Crippen MR) is 45.5 cm³/mol. The molecule has 1 aromatic rings. The first-order chi connectivity index (χ1) is 6.73. The molecule has 0 aliphatic rings. The van der Waals surface area contributed by atoms with E-state index in [-0.39, 0.29) is 0 Å². The van der Waals surface area contributed by atoms with Crippen LogP contribution in [0, 0.1) is 5.82 Å². The summed E-state index contributed by atoms with van der Waals surface area (Å²) in [6.45, 7) is 0. The van der Waals surface area contributed by atoms with Gasteiger partial charge >= 0.3 is 0 Å². The second-order valence-corrected chi connectivity index (χ2v) is 4.37. The number of sulfonamides is 1. The van der Waals surface area contributed by atoms with E-state index < -0.39 is 38.0 Å². The minimum atomic E-state index is -4.29. The van der Waals surface area contributed by atoms with Crippen molar-refractivity contribution in [2.45, 2.75) is 11.5 Å². The number of aromatic nitrogens is 1. The van der Waals surface area contributed by atoms with Crippen LogP contribution in [0.5, 0.6) is 0 Å². The Labute approximate surface area is 87.9 Å². The predicted octanol–water partition coefficient (Wildman–Crippen LogP) is 1.46. The molecule has 0 atom stereocenters. The van der Waals surface area contributed by atoms with Crippen molar-refractivity contribution in [2.75, 3.05) is 0 Å². The maximum absolute atomic E-state index is 12.9. The zero-order valence-corrected chi connectivity index (χ0v) is 8.49. The van der Waals surface area contributed by atoms with Gasteiger partial charge in [-0.1, -0.05) is 11.6 Å². The Balaban J connectivity index is 3.50. The number of alkyl halides is 2. The maximum Gasteiger partial charge on any atom is 0.266 e. The topological polar surface area (TPSA) is 73.1 Å². The Bertz CT molecular complexity index is 491. The van der Waals surface area contributed by atoms with E-state index in [1.807, 2.05) is 0 Å². The summed E-state index contributed by atoms with van der Waals surface area (Å²) in [6, 6.07) is 0.348. The average Bonchev–Trinajstić information content (AvgIpc) is 2.06. The van der Waals surface area contributed by atoms with Crippen LogP contribution in [0.4, 0.5) is 13.2 Å². The van der Waals surface area contributed by atoms with Gasteiger partial charge in [0.1, 0.15) is 0 Å². The van der Waals surface area contributed by atoms with Crippen molar-refractivity contribution in [1.29, 1.82) is 0 Å². The van der Waals surface area contributed by atoms with Crippen LogP contribution in [0.15, 0.2) is 11.1 Å². The highest BCUT2D eigenvalue weighted by Gasteiger charge is 2.22. The van der Waals surface area contributed by atoms with Gasteiger partial charge in [0.2, 0.25) is 0 Å². The Kier molecular flexibility index (Phi) is 3.22. The number of hydrogen-bond acceptors (Lipinski definition) is 3. The third kappa shape index (κ3) is 2.58. The van der Waals surface area contributed by atoms with Gasteiger partial charge in [0.05, 0.1) is 5.56 Å². The number of nitrogens with two attached hydrogens (primary N) is 1. The summed E-state index contributed by atoms with van der Waals surface area (Å²) < 4.78 is 58.9. The van der Waals surface area contributed by atoms with Gasteiger partial charge in [0, 0.05) is 0 Å². The molecule has 0 aromatic carbocycles. The summed E-state index contributed by atoms with van der Waals surface area (Å²) in [5.74, 6) is -1.46. The first-order valence-electron chi connectivity index (χ1n) is 3.40. The van der Waals surface area contributed by atoms with Crippen LogP contribution in [-0.4, -0.2) is 13.4 Å². The van der Waals surface area contributed by atoms with Crippen molar-refractivity contribution >= 4 is 21.6 Å². The molecule has 0 amide bonds. The van der Waals surface area contributed by atoms with E-state index in [4.69, 9.17) is 11.6 Å². The minimum absolute atomic E-state index is 0.348. The van der Waals surface area contributed by atoms with Crippen molar-refractivity contribution in [3.63, 3.8) is 0 Å². The summed E-state index contributed by atoms with van der Waals surface area (Å²) in [4.78, 5) is 3.03. The van der Waals surface area contributed by atoms with Crippen LogP contribution in [0.3, 0.4) is 0 Å². The van der Waals surface area contributed by atoms with E-state index in [1.54, 1.807) is 0 Å². The van der Waals surface area contributed by atoms with Crippen LogP contribution in [0.1, 0.15) is 12.0 Å². The van der Waals surface area contributed by atoms with Crippen LogP contribution in [0.2, 0.25) is 5.15 Å². The molecule has 9 heteroatoms. The molecule has 0 spiro atoms. The molecule has 2 N–H and O–H groups in total. The van der Waals surface area contributed by atoms with Crippen LogP contribution in [0.25, 0.3) is 0 Å². The minimum Gasteiger partial charge on any atom is -0.223 e. The van der Waals surface area contributed by atoms with Crippen LogP contribution < -0.4 is 5.14 Å². The quantitative estimate of drug-likeness (QED) is 0.818. The molecule has 0 aliphatic heterocycles. The smallest absolute Gasteiger partial charge is 0.223 e. The maximum atomic E-state index is 12.9. The number of nitrogens with zero attached hydrogens (tertiary/aromatic N) is 1. The SMILES string of the molecule is NS(=O)(=O)c1cc(C(F)F)c(F)c(Cl)n1. The molecule has 1 aromatic heterocycles. The Morgan fingerprint density at radius 2 is 2.00 bits per heavy atom. The van der Waals surface area contributed by atoms with Gasteiger partial charge in [-0.3, -0.25) is 0 Å². The molecule has 4 nitrogen and oxygen atoms in total. The lowest BCUT2D eigenvalue weighted by molar-refractivity contribution is 0.145. The summed E-state index contributed by atoms with van der Waals surface area (Å²) >= 11 is 5.13. The molecular weight excluding hydrogens is 257 g/mol. The van der Waals surface area contributed by atoms with Gasteiger partial charge in [0.25, 0.3) is 16.4 Å². The fraction of sp³-hybridized carbons (Fsp3) is 0.167. The molecule has 0 unspecified atom stereocenters. The average molecular weight is 261 g/mol. The Hall–Kier alpha value is -0.860. The van der Waals surface area contributed by atoms with E-state index in [0.29, 0.717) is 6.07 Å². The molecule has 0 saturated carbocycles. The first kappa shape index (κ1) is 12.2. The molecule has 84 valence electrons. The Morgan fingerprint density at radius 1 is 1.47 bits per heavy atom. The monoisotopic (exact) mass is 260 g/mol. The summed E-state index contributed by atoms with van der Waals surface area (Å²) in [7, 11) is -4.29. The normalized spacial score (nSPS) is 12.1. The molecule has 0 aliphatic carbocycles. The van der Waals surface area contributed by atoms with Crippen LogP contribution >= 0.6 is 11.6 Å². The number of hydrogen-bond donors (Lipinski definition) is 1. The van der Waals surface area contributed by atoms with E-state index in [0.717, 1.165) is 0 Å². The molecular formula is C6H4ClF3N2O2S. The fourth-order valence-corrected chi connectivity index (χ4v) is 1.56. The second-order valence-electron chi connectivity index (χ2n) is 2.50. The van der Waals surface area contributed by atoms with Gasteiger partial charge in [0.15, 0.2) is 16.0 Å². The van der Waals surface area contributed by atoms with Crippen molar-refractivity contribution < 1.29 is 21.6 Å². The van der Waals surface area contributed by atoms with Crippen molar-refractivity contribution in [3.8, 4) is 0 Å². The zero-order valence-electron chi connectivity index (χ0n) is 6.92. The van der Waals surface area contributed by atoms with E-state index in [1.165, 1.54) is 0 Å². The van der Waals surface area contributed by atoms with Gasteiger partial charge in [-0.05, 0) is 6.07 Å². The first-order valence-corrected chi connectivity index (χ1v) is 5.33. The second kappa shape index (κ2) is 3.95. The lowest BCUT2D eigenvalue weighted by atomic mass is 10.3. The van der Waals surface area contributed by atoms with Crippen molar-refractivity contribution in [3.05, 3.63) is 22.6 Å². The van der Waals surface area contributed by atoms with Gasteiger partial charge < -0.3 is 0 Å². The fourth-order valence-electron chi connectivity index (χ4n) is 0.798. The van der Waals surface area contributed by atoms with Crippen molar-refractivity contribution in [1.82, 2.24) is 4.98 Å². The molecule has 0 saturated heterocycles. The van der Waals surface area contributed by atoms with Gasteiger partial charge in [-0.25, -0.2) is 31.7 Å². The largest absolute Gasteiger partial charge is 0.266 e. The summed E-state index contributed by atoms with van der Waals surface area (Å²) in [5.41, 5.74) is -1.15. The molecule has 0 bridgehead atoms. The number of pyridine rings is 1. The highest BCUT2D eigenvalue weighted by atomic mass is 35.5. The highest BCUT2D eigenvalue weighted by Crippen LogP contribution is 2.27. The standard InChI is InChI=1S/C6H4ClF3N2O2S/c7-5-4(8)2(6(9)10)1-3(12-5)15(11,13)14/h1,6H,(H2,11,13,14).